The van der Waals surface area contributed by atoms with E-state index in [1.807, 2.05) is 0 Å². The summed E-state index contributed by atoms with van der Waals surface area (Å²) in [7, 11) is 0. The molecule has 4 rings (SSSR count). The molecule has 0 unspecified atom stereocenters. The lowest BCUT2D eigenvalue weighted by molar-refractivity contribution is -0.276. The van der Waals surface area contributed by atoms with Gasteiger partial charge < -0.3 is 9.47 Å². The van der Waals surface area contributed by atoms with Crippen molar-refractivity contribution in [2.45, 2.75) is 102 Å². The van der Waals surface area contributed by atoms with Crippen LogP contribution >= 0.6 is 0 Å². The highest BCUT2D eigenvalue weighted by Gasteiger charge is 2.38. The van der Waals surface area contributed by atoms with Crippen LogP contribution in [0.5, 0.6) is 11.5 Å². The van der Waals surface area contributed by atoms with Gasteiger partial charge in [0, 0.05) is 12.1 Å². The van der Waals surface area contributed by atoms with Gasteiger partial charge in [-0.3, -0.25) is 0 Å². The van der Waals surface area contributed by atoms with Crippen LogP contribution in [0.15, 0.2) is 36.4 Å². The molecule has 2 aromatic rings. The molecular formula is C31H37F7O2. The van der Waals surface area contributed by atoms with E-state index in [0.717, 1.165) is 49.0 Å². The molecule has 0 amide bonds. The predicted octanol–water partition coefficient (Wildman–Crippen LogP) is 10.7. The van der Waals surface area contributed by atoms with E-state index in [4.69, 9.17) is 0 Å². The maximum Gasteiger partial charge on any atom is 0.573 e. The third-order valence-corrected chi connectivity index (χ3v) is 8.70. The number of hydrogen-bond acceptors (Lipinski definition) is 2. The first-order valence-electron chi connectivity index (χ1n) is 14.4. The molecule has 0 aliphatic heterocycles. The van der Waals surface area contributed by atoms with Gasteiger partial charge in [0.2, 0.25) is 5.75 Å². The van der Waals surface area contributed by atoms with Gasteiger partial charge in [-0.25, -0.2) is 8.78 Å². The van der Waals surface area contributed by atoms with Crippen LogP contribution in [0.2, 0.25) is 0 Å². The lowest BCUT2D eigenvalue weighted by atomic mass is 9.68. The Hall–Kier alpha value is -2.45. The monoisotopic (exact) mass is 574 g/mol. The fraction of sp³-hybridized carbons (Fsp3) is 0.613. The molecular weight excluding hydrogens is 537 g/mol. The maximum atomic E-state index is 14.7. The molecule has 2 aromatic carbocycles. The maximum absolute atomic E-state index is 14.7. The normalized spacial score (nSPS) is 24.1. The highest BCUT2D eigenvalue weighted by Crippen LogP contribution is 2.45. The predicted molar refractivity (Wildman–Crippen MR) is 138 cm³/mol. The molecule has 0 N–H and O–H groups in total. The molecule has 2 aliphatic carbocycles. The zero-order valence-electron chi connectivity index (χ0n) is 22.7. The van der Waals surface area contributed by atoms with Crippen LogP contribution in [0.3, 0.4) is 0 Å². The molecule has 0 radical (unpaired) electrons. The Morgan fingerprint density at radius 2 is 1.27 bits per heavy atom. The Morgan fingerprint density at radius 1 is 0.725 bits per heavy atom. The first kappa shape index (κ1) is 30.5. The molecule has 2 saturated carbocycles. The Morgan fingerprint density at radius 3 is 1.80 bits per heavy atom. The van der Waals surface area contributed by atoms with Gasteiger partial charge in [0.15, 0.2) is 11.6 Å². The summed E-state index contributed by atoms with van der Waals surface area (Å²) in [4.78, 5) is 0. The van der Waals surface area contributed by atoms with E-state index in [1.54, 1.807) is 12.1 Å². The van der Waals surface area contributed by atoms with Crippen molar-refractivity contribution in [1.82, 2.24) is 0 Å². The van der Waals surface area contributed by atoms with Gasteiger partial charge >= 0.3 is 12.5 Å². The molecule has 9 heteroatoms. The third-order valence-electron chi connectivity index (χ3n) is 8.70. The fourth-order valence-corrected chi connectivity index (χ4v) is 6.52. The first-order valence-corrected chi connectivity index (χ1v) is 14.4. The van der Waals surface area contributed by atoms with Crippen LogP contribution in [0.1, 0.15) is 101 Å². The number of rotatable bonds is 10. The Balaban J connectivity index is 1.29. The standard InChI is InChI=1S/C31H37F7O2/c1-2-3-4-5-20-6-8-21(9-7-20)22-10-12-23(13-11-22)24-14-16-25(17-15-24)30(34,35)39-26-18-27(32)29(28(33)19-26)40-31(36,37)38/h14-23H,2-13H2,1H3/t20-,21-,22-,23-. The van der Waals surface area contributed by atoms with Crippen LogP contribution in [0.25, 0.3) is 0 Å². The van der Waals surface area contributed by atoms with Crippen molar-refractivity contribution in [2.24, 2.45) is 17.8 Å². The van der Waals surface area contributed by atoms with Gasteiger partial charge in [-0.2, -0.15) is 8.78 Å². The molecule has 0 bridgehead atoms. The lowest BCUT2D eigenvalue weighted by Crippen LogP contribution is -2.25. The second-order valence-electron chi connectivity index (χ2n) is 11.4. The van der Waals surface area contributed by atoms with Gasteiger partial charge in [-0.1, -0.05) is 57.6 Å². The number of halogens is 7. The molecule has 0 aromatic heterocycles. The van der Waals surface area contributed by atoms with Gasteiger partial charge in [-0.15, -0.1) is 13.2 Å². The Labute approximate surface area is 231 Å². The summed E-state index contributed by atoms with van der Waals surface area (Å²) >= 11 is 0. The fourth-order valence-electron chi connectivity index (χ4n) is 6.52. The average molecular weight is 575 g/mol. The number of benzene rings is 2. The van der Waals surface area contributed by atoms with Crippen molar-refractivity contribution in [3.8, 4) is 11.5 Å². The van der Waals surface area contributed by atoms with Crippen molar-refractivity contribution < 1.29 is 40.2 Å². The number of alkyl halides is 5. The summed E-state index contributed by atoms with van der Waals surface area (Å²) in [6.07, 6.45) is 5.63. The number of ether oxygens (including phenoxy) is 2. The van der Waals surface area contributed by atoms with Crippen LogP contribution in [-0.2, 0) is 6.11 Å². The van der Waals surface area contributed by atoms with Crippen LogP contribution in [-0.4, -0.2) is 6.36 Å². The SMILES string of the molecule is CCCCC[C@H]1CC[C@H]([C@H]2CC[C@H](c3ccc(C(F)(F)Oc4cc(F)c(OC(F)(F)F)c(F)c4)cc3)CC2)CC1. The molecule has 2 aliphatic rings. The second kappa shape index (κ2) is 13.0. The van der Waals surface area contributed by atoms with Crippen molar-refractivity contribution in [2.75, 3.05) is 0 Å². The zero-order valence-corrected chi connectivity index (χ0v) is 22.7. The van der Waals surface area contributed by atoms with Crippen molar-refractivity contribution in [3.63, 3.8) is 0 Å². The third kappa shape index (κ3) is 8.06. The molecule has 2 fully saturated rings. The van der Waals surface area contributed by atoms with E-state index in [-0.39, 0.29) is 18.1 Å². The summed E-state index contributed by atoms with van der Waals surface area (Å²) in [5, 5.41) is 0. The van der Waals surface area contributed by atoms with Gasteiger partial charge in [0.05, 0.1) is 5.56 Å². The van der Waals surface area contributed by atoms with Crippen molar-refractivity contribution in [3.05, 3.63) is 59.2 Å². The highest BCUT2D eigenvalue weighted by atomic mass is 19.4. The minimum absolute atomic E-state index is 0.226. The van der Waals surface area contributed by atoms with E-state index < -0.39 is 41.2 Å². The van der Waals surface area contributed by atoms with E-state index >= 15 is 0 Å². The van der Waals surface area contributed by atoms with E-state index in [1.165, 1.54) is 63.5 Å². The van der Waals surface area contributed by atoms with E-state index in [9.17, 15) is 30.7 Å². The summed E-state index contributed by atoms with van der Waals surface area (Å²) in [6.45, 7) is 2.24. The van der Waals surface area contributed by atoms with E-state index in [0.29, 0.717) is 0 Å². The summed E-state index contributed by atoms with van der Waals surface area (Å²) in [5.41, 5.74) is 0.431. The molecule has 0 atom stereocenters. The second-order valence-corrected chi connectivity index (χ2v) is 11.4. The van der Waals surface area contributed by atoms with Gasteiger partial charge in [0.1, 0.15) is 5.75 Å². The Kier molecular flexibility index (Phi) is 9.93. The van der Waals surface area contributed by atoms with Crippen molar-refractivity contribution in [1.29, 1.82) is 0 Å². The largest absolute Gasteiger partial charge is 0.573 e. The first-order chi connectivity index (χ1) is 18.9. The number of hydrogen-bond donors (Lipinski definition) is 0. The quantitative estimate of drug-likeness (QED) is 0.208. The summed E-state index contributed by atoms with van der Waals surface area (Å²) < 4.78 is 102. The summed E-state index contributed by atoms with van der Waals surface area (Å²) in [6, 6.07) is 6.14. The smallest absolute Gasteiger partial charge is 0.429 e. The molecule has 2 nitrogen and oxygen atoms in total. The molecule has 222 valence electrons. The molecule has 0 spiro atoms. The van der Waals surface area contributed by atoms with Crippen LogP contribution in [0.4, 0.5) is 30.7 Å². The van der Waals surface area contributed by atoms with Crippen molar-refractivity contribution >= 4 is 0 Å². The number of unbranched alkanes of at least 4 members (excludes halogenated alkanes) is 2. The highest BCUT2D eigenvalue weighted by molar-refractivity contribution is 5.36. The molecule has 0 saturated heterocycles. The lowest BCUT2D eigenvalue weighted by Gasteiger charge is -2.38. The van der Waals surface area contributed by atoms with E-state index in [2.05, 4.69) is 16.4 Å². The minimum atomic E-state index is -5.35. The summed E-state index contributed by atoms with van der Waals surface area (Å²) in [5.74, 6) is -3.62. The van der Waals surface area contributed by atoms with Crippen LogP contribution < -0.4 is 9.47 Å². The topological polar surface area (TPSA) is 18.5 Å². The Bertz CT molecular complexity index is 1060. The van der Waals surface area contributed by atoms with Gasteiger partial charge in [0.25, 0.3) is 0 Å². The zero-order chi connectivity index (χ0) is 28.9. The molecule has 40 heavy (non-hydrogen) atoms. The molecule has 0 heterocycles. The van der Waals surface area contributed by atoms with Crippen LogP contribution in [0, 0.1) is 29.4 Å². The van der Waals surface area contributed by atoms with Gasteiger partial charge in [-0.05, 0) is 79.9 Å². The average Bonchev–Trinajstić information content (AvgIpc) is 2.91. The minimum Gasteiger partial charge on any atom is -0.429 e.